The van der Waals surface area contributed by atoms with Crippen molar-refractivity contribution < 1.29 is 22.7 Å². The topological polar surface area (TPSA) is 54.5 Å². The first-order valence-corrected chi connectivity index (χ1v) is 11.3. The molecule has 1 saturated heterocycles. The molecule has 9 heteroatoms. The zero-order valence-electron chi connectivity index (χ0n) is 16.8. The summed E-state index contributed by atoms with van der Waals surface area (Å²) < 4.78 is 43.0. The number of carbonyl (C=O) groups is 1. The van der Waals surface area contributed by atoms with Gasteiger partial charge in [-0.2, -0.15) is 18.2 Å². The summed E-state index contributed by atoms with van der Waals surface area (Å²) in [5, 5.41) is 2.75. The average molecular weight is 545 g/mol. The second-order valence-corrected chi connectivity index (χ2v) is 9.42. The van der Waals surface area contributed by atoms with Gasteiger partial charge in [-0.3, -0.25) is 4.79 Å². The van der Waals surface area contributed by atoms with E-state index >= 15 is 0 Å². The molecule has 0 radical (unpaired) electrons. The van der Waals surface area contributed by atoms with Crippen molar-refractivity contribution in [3.8, 4) is 5.88 Å². The fourth-order valence-electron chi connectivity index (χ4n) is 3.88. The van der Waals surface area contributed by atoms with Crippen LogP contribution in [0.2, 0.25) is 0 Å². The highest BCUT2D eigenvalue weighted by Gasteiger charge is 2.44. The lowest BCUT2D eigenvalue weighted by molar-refractivity contribution is -0.139. The molecule has 166 valence electrons. The smallest absolute Gasteiger partial charge is 0.392 e. The van der Waals surface area contributed by atoms with Gasteiger partial charge in [0.25, 0.3) is 5.91 Å². The predicted octanol–water partition coefficient (Wildman–Crippen LogP) is 5.65. The van der Waals surface area contributed by atoms with Crippen LogP contribution in [0.4, 0.5) is 24.7 Å². The van der Waals surface area contributed by atoms with Gasteiger partial charge in [0.05, 0.1) is 24.3 Å². The highest BCUT2D eigenvalue weighted by molar-refractivity contribution is 14.1. The van der Waals surface area contributed by atoms with Crippen molar-refractivity contribution in [2.75, 3.05) is 29.9 Å². The van der Waals surface area contributed by atoms with Crippen molar-refractivity contribution in [1.82, 2.24) is 4.98 Å². The average Bonchev–Trinajstić information content (AvgIpc) is 3.46. The second kappa shape index (κ2) is 8.84. The van der Waals surface area contributed by atoms with Crippen LogP contribution in [0.3, 0.4) is 0 Å². The molecular weight excluding hydrogens is 522 g/mol. The molecule has 1 saturated carbocycles. The largest absolute Gasteiger partial charge is 0.477 e. The molecule has 1 amide bonds. The third kappa shape index (κ3) is 5.81. The molecule has 0 atom stereocenters. The number of hydrogen-bond donors (Lipinski definition) is 1. The molecule has 1 spiro atoms. The Morgan fingerprint density at radius 2 is 1.90 bits per heavy atom. The molecule has 2 heterocycles. The van der Waals surface area contributed by atoms with E-state index in [2.05, 4.69) is 37.8 Å². The summed E-state index contributed by atoms with van der Waals surface area (Å²) in [6, 6.07) is 10.3. The van der Waals surface area contributed by atoms with Gasteiger partial charge in [-0.25, -0.2) is 0 Å². The number of anilines is 2. The molecule has 0 bridgehead atoms. The summed E-state index contributed by atoms with van der Waals surface area (Å²) in [5.74, 6) is -0.0386. The van der Waals surface area contributed by atoms with Crippen molar-refractivity contribution >= 4 is 40.0 Å². The van der Waals surface area contributed by atoms with E-state index in [0.29, 0.717) is 11.0 Å². The normalized spacial score (nSPS) is 17.5. The van der Waals surface area contributed by atoms with Gasteiger partial charge >= 0.3 is 6.18 Å². The lowest BCUT2D eigenvalue weighted by atomic mass is 9.93. The number of halogens is 4. The van der Waals surface area contributed by atoms with Gasteiger partial charge in [-0.1, -0.05) is 6.07 Å². The number of nitrogens with one attached hydrogen (secondary N) is 1. The molecule has 4 rings (SSSR count). The summed E-state index contributed by atoms with van der Waals surface area (Å²) in [7, 11) is 0. The van der Waals surface area contributed by atoms with E-state index in [1.54, 1.807) is 18.2 Å². The van der Waals surface area contributed by atoms with Crippen molar-refractivity contribution in [1.29, 1.82) is 0 Å². The summed E-state index contributed by atoms with van der Waals surface area (Å²) in [5.41, 5.74) is 1.99. The summed E-state index contributed by atoms with van der Waals surface area (Å²) in [4.78, 5) is 19.4. The van der Waals surface area contributed by atoms with Gasteiger partial charge in [0, 0.05) is 22.7 Å². The number of benzene rings is 1. The van der Waals surface area contributed by atoms with E-state index in [9.17, 15) is 18.0 Å². The molecule has 1 aliphatic heterocycles. The number of piperidine rings is 1. The summed E-state index contributed by atoms with van der Waals surface area (Å²) in [6.45, 7) is 1.34. The Labute approximate surface area is 192 Å². The lowest BCUT2D eigenvalue weighted by Gasteiger charge is -2.35. The highest BCUT2D eigenvalue weighted by Crippen LogP contribution is 2.54. The van der Waals surface area contributed by atoms with Crippen molar-refractivity contribution in [3.05, 3.63) is 45.5 Å². The molecule has 1 aliphatic carbocycles. The fourth-order valence-corrected chi connectivity index (χ4v) is 4.35. The van der Waals surface area contributed by atoms with Gasteiger partial charge in [0.2, 0.25) is 5.88 Å². The number of carbonyl (C=O) groups excluding carboxylic acids is 1. The van der Waals surface area contributed by atoms with Gasteiger partial charge < -0.3 is 15.0 Å². The first-order chi connectivity index (χ1) is 14.7. The molecule has 5 nitrogen and oxygen atoms in total. The number of ether oxygens (including phenoxy) is 1. The highest BCUT2D eigenvalue weighted by atomic mass is 127. The van der Waals surface area contributed by atoms with Gasteiger partial charge in [-0.05, 0) is 78.0 Å². The van der Waals surface area contributed by atoms with Crippen LogP contribution in [0.5, 0.6) is 5.88 Å². The number of rotatable bonds is 6. The maximum absolute atomic E-state index is 13.0. The van der Waals surface area contributed by atoms with Crippen LogP contribution in [-0.4, -0.2) is 36.8 Å². The monoisotopic (exact) mass is 545 g/mol. The van der Waals surface area contributed by atoms with E-state index in [1.807, 2.05) is 12.1 Å². The first kappa shape index (κ1) is 22.2. The lowest BCUT2D eigenvalue weighted by Crippen LogP contribution is -2.35. The number of alkyl halides is 3. The zero-order chi connectivity index (χ0) is 22.1. The Bertz CT molecular complexity index is 953. The Balaban J connectivity index is 1.44. The maximum atomic E-state index is 13.0. The number of aromatic nitrogens is 1. The molecule has 1 aromatic heterocycles. The standard InChI is InChI=1S/C22H23F3IN3O2/c23-22(24,25)10-13-31-19-3-1-2-18(27-19)28-20(30)16-5-4-15(26)14-17(16)29-11-8-21(6-7-21)9-12-29/h1-5,14H,6-13H2,(H,27,28,30). The maximum Gasteiger partial charge on any atom is 0.392 e. The molecule has 2 aromatic rings. The SMILES string of the molecule is O=C(Nc1cccc(OCCC(F)(F)F)n1)c1ccc(I)cc1N1CCC2(CC1)CC2. The van der Waals surface area contributed by atoms with Crippen LogP contribution in [0.1, 0.15) is 42.5 Å². The van der Waals surface area contributed by atoms with Crippen LogP contribution in [-0.2, 0) is 0 Å². The van der Waals surface area contributed by atoms with Crippen LogP contribution < -0.4 is 15.0 Å². The number of amides is 1. The van der Waals surface area contributed by atoms with Crippen LogP contribution in [0.15, 0.2) is 36.4 Å². The molecule has 1 N–H and O–H groups in total. The molecule has 31 heavy (non-hydrogen) atoms. The Morgan fingerprint density at radius 3 is 2.58 bits per heavy atom. The van der Waals surface area contributed by atoms with Crippen molar-refractivity contribution in [2.24, 2.45) is 5.41 Å². The van der Waals surface area contributed by atoms with Crippen LogP contribution >= 0.6 is 22.6 Å². The van der Waals surface area contributed by atoms with Crippen LogP contribution in [0.25, 0.3) is 0 Å². The van der Waals surface area contributed by atoms with Crippen LogP contribution in [0, 0.1) is 8.99 Å². The fraction of sp³-hybridized carbons (Fsp3) is 0.455. The third-order valence-corrected chi connectivity index (χ3v) is 6.60. The van der Waals surface area contributed by atoms with E-state index in [0.717, 1.165) is 35.2 Å². The van der Waals surface area contributed by atoms with E-state index in [4.69, 9.17) is 4.74 Å². The van der Waals surface area contributed by atoms with Crippen molar-refractivity contribution in [2.45, 2.75) is 38.3 Å². The quantitative estimate of drug-likeness (QED) is 0.477. The summed E-state index contributed by atoms with van der Waals surface area (Å²) >= 11 is 2.24. The Hall–Kier alpha value is -2.04. The number of hydrogen-bond acceptors (Lipinski definition) is 4. The second-order valence-electron chi connectivity index (χ2n) is 8.18. The molecule has 2 aliphatic rings. The summed E-state index contributed by atoms with van der Waals surface area (Å²) in [6.07, 6.45) is -0.424. The Kier molecular flexibility index (Phi) is 6.32. The van der Waals surface area contributed by atoms with E-state index < -0.39 is 19.2 Å². The molecular formula is C22H23F3IN3O2. The van der Waals surface area contributed by atoms with E-state index in [1.165, 1.54) is 18.9 Å². The Morgan fingerprint density at radius 1 is 1.16 bits per heavy atom. The number of pyridine rings is 1. The van der Waals surface area contributed by atoms with Gasteiger partial charge in [-0.15, -0.1) is 0 Å². The minimum absolute atomic E-state index is 0.0376. The van der Waals surface area contributed by atoms with Gasteiger partial charge in [0.1, 0.15) is 5.82 Å². The molecule has 2 fully saturated rings. The first-order valence-electron chi connectivity index (χ1n) is 10.3. The minimum Gasteiger partial charge on any atom is -0.477 e. The van der Waals surface area contributed by atoms with Crippen molar-refractivity contribution in [3.63, 3.8) is 0 Å². The third-order valence-electron chi connectivity index (χ3n) is 5.93. The minimum atomic E-state index is -4.29. The molecule has 0 unspecified atom stereocenters. The van der Waals surface area contributed by atoms with Gasteiger partial charge in [0.15, 0.2) is 0 Å². The zero-order valence-corrected chi connectivity index (χ0v) is 19.0. The van der Waals surface area contributed by atoms with E-state index in [-0.39, 0.29) is 17.6 Å². The predicted molar refractivity (Wildman–Crippen MR) is 121 cm³/mol. The number of nitrogens with zero attached hydrogens (tertiary/aromatic N) is 2. The molecule has 1 aromatic carbocycles.